The van der Waals surface area contributed by atoms with Gasteiger partial charge in [-0.05, 0) is 44.9 Å². The molecule has 0 saturated carbocycles. The van der Waals surface area contributed by atoms with E-state index in [1.165, 1.54) is 0 Å². The minimum atomic E-state index is -0.652. The van der Waals surface area contributed by atoms with Gasteiger partial charge in [-0.3, -0.25) is 9.78 Å². The zero-order chi connectivity index (χ0) is 15.5. The van der Waals surface area contributed by atoms with Gasteiger partial charge in [-0.25, -0.2) is 0 Å². The highest BCUT2D eigenvalue weighted by Crippen LogP contribution is 2.22. The number of rotatable bonds is 4. The summed E-state index contributed by atoms with van der Waals surface area (Å²) in [5.41, 5.74) is 0.253. The van der Waals surface area contributed by atoms with Crippen molar-refractivity contribution in [2.75, 3.05) is 20.1 Å². The molecule has 1 amide bonds. The molecule has 1 aliphatic rings. The average molecular weight is 312 g/mol. The Kier molecular flexibility index (Phi) is 5.19. The molecule has 1 aromatic heterocycles. The zero-order valence-electron chi connectivity index (χ0n) is 12.5. The quantitative estimate of drug-likeness (QED) is 0.878. The van der Waals surface area contributed by atoms with E-state index in [1.807, 2.05) is 17.9 Å². The van der Waals surface area contributed by atoms with Gasteiger partial charge in [0.15, 0.2) is 0 Å². The minimum absolute atomic E-state index is 0.0564. The van der Waals surface area contributed by atoms with E-state index in [4.69, 9.17) is 11.6 Å². The van der Waals surface area contributed by atoms with Crippen molar-refractivity contribution < 1.29 is 9.90 Å². The standard InChI is InChI=1S/C15H22ClN3O2/c1-15(21)4-7-19(8-5-15)14(20)13(17-2)9-11-3-6-18-10-12(11)16/h3,6,10,13,17,21H,4-5,7-9H2,1-2H3. The van der Waals surface area contributed by atoms with Crippen molar-refractivity contribution >= 4 is 17.5 Å². The molecule has 5 nitrogen and oxygen atoms in total. The third-order valence-corrected chi connectivity index (χ3v) is 4.42. The number of likely N-dealkylation sites (tertiary alicyclic amines) is 1. The van der Waals surface area contributed by atoms with E-state index >= 15 is 0 Å². The number of aliphatic hydroxyl groups is 1. The van der Waals surface area contributed by atoms with Crippen LogP contribution in [0, 0.1) is 0 Å². The summed E-state index contributed by atoms with van der Waals surface area (Å²) in [5.74, 6) is 0.0564. The van der Waals surface area contributed by atoms with Gasteiger partial charge >= 0.3 is 0 Å². The van der Waals surface area contributed by atoms with Crippen LogP contribution in [0.1, 0.15) is 25.3 Å². The first-order valence-electron chi connectivity index (χ1n) is 7.20. The number of amides is 1. The fourth-order valence-corrected chi connectivity index (χ4v) is 2.73. The number of nitrogens with zero attached hydrogens (tertiary/aromatic N) is 2. The Morgan fingerprint density at radius 1 is 1.57 bits per heavy atom. The lowest BCUT2D eigenvalue weighted by Crippen LogP contribution is -2.52. The van der Waals surface area contributed by atoms with Gasteiger partial charge in [-0.2, -0.15) is 0 Å². The monoisotopic (exact) mass is 311 g/mol. The van der Waals surface area contributed by atoms with Crippen LogP contribution < -0.4 is 5.32 Å². The van der Waals surface area contributed by atoms with Gasteiger partial charge in [-0.15, -0.1) is 0 Å². The summed E-state index contributed by atoms with van der Waals surface area (Å²) in [7, 11) is 1.78. The Hall–Kier alpha value is -1.17. The number of nitrogens with one attached hydrogen (secondary N) is 1. The van der Waals surface area contributed by atoms with Crippen LogP contribution >= 0.6 is 11.6 Å². The molecule has 0 radical (unpaired) electrons. The average Bonchev–Trinajstić information content (AvgIpc) is 2.46. The molecule has 116 valence electrons. The van der Waals surface area contributed by atoms with Gasteiger partial charge in [0, 0.05) is 25.5 Å². The van der Waals surface area contributed by atoms with Gasteiger partial charge in [0.1, 0.15) is 0 Å². The van der Waals surface area contributed by atoms with Crippen LogP contribution in [0.25, 0.3) is 0 Å². The maximum absolute atomic E-state index is 12.6. The summed E-state index contributed by atoms with van der Waals surface area (Å²) in [6.45, 7) is 3.00. The number of carbonyl (C=O) groups excluding carboxylic acids is 1. The Labute approximate surface area is 130 Å². The van der Waals surface area contributed by atoms with Crippen molar-refractivity contribution in [3.05, 3.63) is 29.0 Å². The topological polar surface area (TPSA) is 65.5 Å². The summed E-state index contributed by atoms with van der Waals surface area (Å²) in [4.78, 5) is 18.3. The zero-order valence-corrected chi connectivity index (χ0v) is 13.2. The molecule has 2 heterocycles. The molecular weight excluding hydrogens is 290 g/mol. The van der Waals surface area contributed by atoms with Crippen LogP contribution in [0.4, 0.5) is 0 Å². The third kappa shape index (κ3) is 4.15. The van der Waals surface area contributed by atoms with Crippen molar-refractivity contribution in [1.29, 1.82) is 0 Å². The second kappa shape index (κ2) is 6.73. The largest absolute Gasteiger partial charge is 0.390 e. The van der Waals surface area contributed by atoms with Crippen molar-refractivity contribution in [3.63, 3.8) is 0 Å². The van der Waals surface area contributed by atoms with Gasteiger partial charge in [0.05, 0.1) is 16.7 Å². The molecule has 1 fully saturated rings. The maximum atomic E-state index is 12.6. The van der Waals surface area contributed by atoms with E-state index in [1.54, 1.807) is 19.4 Å². The minimum Gasteiger partial charge on any atom is -0.390 e. The molecule has 6 heteroatoms. The molecule has 0 aliphatic carbocycles. The number of pyridine rings is 1. The van der Waals surface area contributed by atoms with Gasteiger partial charge < -0.3 is 15.3 Å². The highest BCUT2D eigenvalue weighted by molar-refractivity contribution is 6.31. The number of piperidine rings is 1. The predicted molar refractivity (Wildman–Crippen MR) is 82.2 cm³/mol. The predicted octanol–water partition coefficient (Wildman–Crippen LogP) is 1.24. The van der Waals surface area contributed by atoms with E-state index in [0.29, 0.717) is 37.4 Å². The number of hydrogen-bond acceptors (Lipinski definition) is 4. The summed E-state index contributed by atoms with van der Waals surface area (Å²) >= 11 is 6.10. The van der Waals surface area contributed by atoms with E-state index in [9.17, 15) is 9.90 Å². The molecule has 1 unspecified atom stereocenters. The molecule has 2 N–H and O–H groups in total. The van der Waals surface area contributed by atoms with Crippen molar-refractivity contribution in [1.82, 2.24) is 15.2 Å². The Bertz CT molecular complexity index is 497. The van der Waals surface area contributed by atoms with Crippen molar-refractivity contribution in [2.24, 2.45) is 0 Å². The van der Waals surface area contributed by atoms with Crippen LogP contribution in [0.15, 0.2) is 18.5 Å². The molecule has 1 aliphatic heterocycles. The van der Waals surface area contributed by atoms with Crippen LogP contribution in [0.5, 0.6) is 0 Å². The number of hydrogen-bond donors (Lipinski definition) is 2. The SMILES string of the molecule is CNC(Cc1ccncc1Cl)C(=O)N1CCC(C)(O)CC1. The second-order valence-electron chi connectivity index (χ2n) is 5.83. The summed E-state index contributed by atoms with van der Waals surface area (Å²) in [5, 5.41) is 13.6. The van der Waals surface area contributed by atoms with E-state index in [0.717, 1.165) is 5.56 Å². The number of carbonyl (C=O) groups is 1. The lowest BCUT2D eigenvalue weighted by Gasteiger charge is -2.37. The fraction of sp³-hybridized carbons (Fsp3) is 0.600. The van der Waals surface area contributed by atoms with Gasteiger partial charge in [0.25, 0.3) is 0 Å². The number of aromatic nitrogens is 1. The second-order valence-corrected chi connectivity index (χ2v) is 6.24. The Morgan fingerprint density at radius 2 is 2.24 bits per heavy atom. The highest BCUT2D eigenvalue weighted by atomic mass is 35.5. The van der Waals surface area contributed by atoms with Crippen LogP contribution in [-0.2, 0) is 11.2 Å². The molecule has 1 aromatic rings. The molecule has 0 spiro atoms. The normalized spacial score (nSPS) is 19.3. The van der Waals surface area contributed by atoms with E-state index < -0.39 is 5.60 Å². The number of halogens is 1. The molecule has 1 atom stereocenters. The summed E-state index contributed by atoms with van der Waals surface area (Å²) < 4.78 is 0. The smallest absolute Gasteiger partial charge is 0.240 e. The summed E-state index contributed by atoms with van der Waals surface area (Å²) in [6.07, 6.45) is 5.03. The number of likely N-dealkylation sites (N-methyl/N-ethyl adjacent to an activating group) is 1. The van der Waals surface area contributed by atoms with E-state index in [-0.39, 0.29) is 11.9 Å². The van der Waals surface area contributed by atoms with Crippen molar-refractivity contribution in [3.8, 4) is 0 Å². The van der Waals surface area contributed by atoms with Crippen molar-refractivity contribution in [2.45, 2.75) is 37.8 Å². The van der Waals surface area contributed by atoms with E-state index in [2.05, 4.69) is 10.3 Å². The first kappa shape index (κ1) is 16.2. The first-order valence-corrected chi connectivity index (χ1v) is 7.57. The van der Waals surface area contributed by atoms with Gasteiger partial charge in [-0.1, -0.05) is 11.6 Å². The Balaban J connectivity index is 2.01. The summed E-state index contributed by atoms with van der Waals surface area (Å²) in [6, 6.07) is 1.52. The van der Waals surface area contributed by atoms with Crippen LogP contribution in [0.3, 0.4) is 0 Å². The lowest BCUT2D eigenvalue weighted by atomic mass is 9.93. The molecule has 1 saturated heterocycles. The fourth-order valence-electron chi connectivity index (χ4n) is 2.53. The lowest BCUT2D eigenvalue weighted by molar-refractivity contribution is -0.137. The van der Waals surface area contributed by atoms with Crippen LogP contribution in [-0.4, -0.2) is 52.7 Å². The molecular formula is C15H22ClN3O2. The molecule has 21 heavy (non-hydrogen) atoms. The van der Waals surface area contributed by atoms with Gasteiger partial charge in [0.2, 0.25) is 5.91 Å². The molecule has 2 rings (SSSR count). The molecule has 0 aromatic carbocycles. The molecule has 0 bridgehead atoms. The first-order chi connectivity index (χ1) is 9.93. The maximum Gasteiger partial charge on any atom is 0.240 e. The highest BCUT2D eigenvalue weighted by Gasteiger charge is 2.32. The van der Waals surface area contributed by atoms with Crippen LogP contribution in [0.2, 0.25) is 5.02 Å². The Morgan fingerprint density at radius 3 is 2.81 bits per heavy atom. The third-order valence-electron chi connectivity index (χ3n) is 4.08.